The Morgan fingerprint density at radius 2 is 1.75 bits per heavy atom. The number of alkyl halides is 3. The van der Waals surface area contributed by atoms with Gasteiger partial charge in [0.05, 0.1) is 5.56 Å². The molecular weight excluding hydrogens is 372 g/mol. The van der Waals surface area contributed by atoms with E-state index in [-0.39, 0.29) is 18.0 Å². The summed E-state index contributed by atoms with van der Waals surface area (Å²) in [5, 5.41) is 0. The van der Waals surface area contributed by atoms with Gasteiger partial charge in [-0.15, -0.1) is 0 Å². The van der Waals surface area contributed by atoms with E-state index in [0.717, 1.165) is 29.6 Å². The van der Waals surface area contributed by atoms with Crippen molar-refractivity contribution in [2.24, 2.45) is 5.92 Å². The molecule has 3 rings (SSSR count). The molecule has 0 radical (unpaired) electrons. The molecule has 2 aromatic carbocycles. The van der Waals surface area contributed by atoms with Crippen LogP contribution in [-0.4, -0.2) is 48.1 Å². The first-order valence-electron chi connectivity index (χ1n) is 9.18. The predicted octanol–water partition coefficient (Wildman–Crippen LogP) is 4.35. The number of halogens is 4. The first-order chi connectivity index (χ1) is 13.3. The fourth-order valence-electron chi connectivity index (χ4n) is 3.60. The van der Waals surface area contributed by atoms with E-state index in [2.05, 4.69) is 4.90 Å². The second-order valence-corrected chi connectivity index (χ2v) is 7.16. The van der Waals surface area contributed by atoms with E-state index in [1.807, 2.05) is 30.3 Å². The maximum atomic E-state index is 13.9. The standard InChI is InChI=1S/C21H22F4N2O/c22-19-9-5-4-8-18(19)20(28)27(15-21(23,24)25)14-17-10-11-26(13-17)12-16-6-2-1-3-7-16/h1-9,17H,10-15H2/t17-/m0/s1. The first-order valence-corrected chi connectivity index (χ1v) is 9.18. The van der Waals surface area contributed by atoms with Gasteiger partial charge in [0.2, 0.25) is 0 Å². The zero-order valence-corrected chi connectivity index (χ0v) is 15.3. The number of nitrogens with zero attached hydrogens (tertiary/aromatic N) is 2. The van der Waals surface area contributed by atoms with Crippen LogP contribution >= 0.6 is 0 Å². The molecule has 150 valence electrons. The molecule has 1 heterocycles. The minimum absolute atomic E-state index is 0.0437. The van der Waals surface area contributed by atoms with E-state index < -0.39 is 24.4 Å². The maximum Gasteiger partial charge on any atom is 0.406 e. The lowest BCUT2D eigenvalue weighted by Crippen LogP contribution is -2.42. The minimum Gasteiger partial charge on any atom is -0.329 e. The molecule has 7 heteroatoms. The average molecular weight is 394 g/mol. The molecule has 0 unspecified atom stereocenters. The molecule has 1 fully saturated rings. The third kappa shape index (κ3) is 5.55. The molecule has 1 amide bonds. The summed E-state index contributed by atoms with van der Waals surface area (Å²) in [6.45, 7) is 0.659. The average Bonchev–Trinajstić information content (AvgIpc) is 3.07. The van der Waals surface area contributed by atoms with Crippen molar-refractivity contribution in [2.45, 2.75) is 19.1 Å². The van der Waals surface area contributed by atoms with Crippen LogP contribution in [0.5, 0.6) is 0 Å². The van der Waals surface area contributed by atoms with Crippen LogP contribution < -0.4 is 0 Å². The largest absolute Gasteiger partial charge is 0.406 e. The topological polar surface area (TPSA) is 23.6 Å². The Bertz CT molecular complexity index is 794. The normalized spacial score (nSPS) is 17.6. The van der Waals surface area contributed by atoms with Gasteiger partial charge >= 0.3 is 6.18 Å². The summed E-state index contributed by atoms with van der Waals surface area (Å²) >= 11 is 0. The van der Waals surface area contributed by atoms with Gasteiger partial charge in [-0.1, -0.05) is 42.5 Å². The van der Waals surface area contributed by atoms with Crippen molar-refractivity contribution in [2.75, 3.05) is 26.2 Å². The quantitative estimate of drug-likeness (QED) is 0.680. The van der Waals surface area contributed by atoms with E-state index in [1.54, 1.807) is 0 Å². The molecule has 2 aromatic rings. The van der Waals surface area contributed by atoms with Crippen LogP contribution in [0.15, 0.2) is 54.6 Å². The number of rotatable bonds is 6. The highest BCUT2D eigenvalue weighted by molar-refractivity contribution is 5.94. The van der Waals surface area contributed by atoms with Crippen LogP contribution in [0, 0.1) is 11.7 Å². The number of carbonyl (C=O) groups is 1. The lowest BCUT2D eigenvalue weighted by Gasteiger charge is -2.27. The SMILES string of the molecule is O=C(c1ccccc1F)N(C[C@H]1CCN(Cc2ccccc2)C1)CC(F)(F)F. The number of carbonyl (C=O) groups excluding carboxylic acids is 1. The Hall–Kier alpha value is -2.41. The molecule has 0 saturated carbocycles. The second kappa shape index (κ2) is 8.73. The van der Waals surface area contributed by atoms with Gasteiger partial charge in [0, 0.05) is 19.6 Å². The molecule has 0 bridgehead atoms. The lowest BCUT2D eigenvalue weighted by atomic mass is 10.1. The lowest BCUT2D eigenvalue weighted by molar-refractivity contribution is -0.141. The Labute approximate surface area is 161 Å². The van der Waals surface area contributed by atoms with Crippen LogP contribution in [0.1, 0.15) is 22.3 Å². The summed E-state index contributed by atoms with van der Waals surface area (Å²) in [6, 6.07) is 15.0. The van der Waals surface area contributed by atoms with Gasteiger partial charge < -0.3 is 4.90 Å². The zero-order valence-electron chi connectivity index (χ0n) is 15.3. The van der Waals surface area contributed by atoms with Crippen molar-refractivity contribution in [3.63, 3.8) is 0 Å². The Kier molecular flexibility index (Phi) is 6.34. The Balaban J connectivity index is 1.66. The highest BCUT2D eigenvalue weighted by atomic mass is 19.4. The Morgan fingerprint density at radius 3 is 2.43 bits per heavy atom. The van der Waals surface area contributed by atoms with Gasteiger partial charge in [-0.2, -0.15) is 13.2 Å². The van der Waals surface area contributed by atoms with E-state index in [9.17, 15) is 22.4 Å². The van der Waals surface area contributed by atoms with Crippen LogP contribution in [0.3, 0.4) is 0 Å². The molecule has 0 N–H and O–H groups in total. The molecule has 1 atom stereocenters. The molecular formula is C21H22F4N2O. The van der Waals surface area contributed by atoms with Gasteiger partial charge in [-0.3, -0.25) is 9.69 Å². The number of hydrogen-bond acceptors (Lipinski definition) is 2. The third-order valence-corrected chi connectivity index (χ3v) is 4.86. The molecule has 3 nitrogen and oxygen atoms in total. The van der Waals surface area contributed by atoms with Crippen LogP contribution in [0.2, 0.25) is 0 Å². The number of hydrogen-bond donors (Lipinski definition) is 0. The smallest absolute Gasteiger partial charge is 0.329 e. The van der Waals surface area contributed by atoms with Gasteiger partial charge in [-0.25, -0.2) is 4.39 Å². The predicted molar refractivity (Wildman–Crippen MR) is 98.2 cm³/mol. The van der Waals surface area contributed by atoms with Crippen LogP contribution in [0.25, 0.3) is 0 Å². The summed E-state index contributed by atoms with van der Waals surface area (Å²) in [4.78, 5) is 15.5. The first kappa shape index (κ1) is 20.3. The molecule has 0 spiro atoms. The summed E-state index contributed by atoms with van der Waals surface area (Å²) in [5.41, 5.74) is 0.809. The molecule has 1 saturated heterocycles. The van der Waals surface area contributed by atoms with E-state index in [4.69, 9.17) is 0 Å². The fraction of sp³-hybridized carbons (Fsp3) is 0.381. The van der Waals surface area contributed by atoms with E-state index in [0.29, 0.717) is 13.0 Å². The zero-order chi connectivity index (χ0) is 20.1. The van der Waals surface area contributed by atoms with Crippen molar-refractivity contribution in [3.8, 4) is 0 Å². The summed E-state index contributed by atoms with van der Waals surface area (Å²) in [7, 11) is 0. The van der Waals surface area contributed by atoms with Crippen molar-refractivity contribution < 1.29 is 22.4 Å². The Morgan fingerprint density at radius 1 is 1.07 bits per heavy atom. The van der Waals surface area contributed by atoms with Gasteiger partial charge in [0.25, 0.3) is 5.91 Å². The number of benzene rings is 2. The fourth-order valence-corrected chi connectivity index (χ4v) is 3.60. The molecule has 1 aliphatic heterocycles. The van der Waals surface area contributed by atoms with Crippen molar-refractivity contribution >= 4 is 5.91 Å². The van der Waals surface area contributed by atoms with Gasteiger partial charge in [0.1, 0.15) is 12.4 Å². The van der Waals surface area contributed by atoms with Crippen molar-refractivity contribution in [1.82, 2.24) is 9.80 Å². The van der Waals surface area contributed by atoms with E-state index >= 15 is 0 Å². The molecule has 28 heavy (non-hydrogen) atoms. The highest BCUT2D eigenvalue weighted by Crippen LogP contribution is 2.24. The number of amides is 1. The summed E-state index contributed by atoms with van der Waals surface area (Å²) in [6.07, 6.45) is -3.84. The molecule has 0 aromatic heterocycles. The molecule has 1 aliphatic rings. The maximum absolute atomic E-state index is 13.9. The van der Waals surface area contributed by atoms with Crippen molar-refractivity contribution in [1.29, 1.82) is 0 Å². The van der Waals surface area contributed by atoms with Gasteiger partial charge in [0.15, 0.2) is 0 Å². The van der Waals surface area contributed by atoms with Crippen LogP contribution in [-0.2, 0) is 6.54 Å². The monoisotopic (exact) mass is 394 g/mol. The minimum atomic E-state index is -4.54. The molecule has 0 aliphatic carbocycles. The van der Waals surface area contributed by atoms with Crippen molar-refractivity contribution in [3.05, 3.63) is 71.5 Å². The van der Waals surface area contributed by atoms with Crippen LogP contribution in [0.4, 0.5) is 17.6 Å². The second-order valence-electron chi connectivity index (χ2n) is 7.16. The summed E-state index contributed by atoms with van der Waals surface area (Å²) in [5.74, 6) is -1.81. The summed E-state index contributed by atoms with van der Waals surface area (Å²) < 4.78 is 53.0. The third-order valence-electron chi connectivity index (χ3n) is 4.86. The highest BCUT2D eigenvalue weighted by Gasteiger charge is 2.36. The number of likely N-dealkylation sites (tertiary alicyclic amines) is 1. The van der Waals surface area contributed by atoms with Gasteiger partial charge in [-0.05, 0) is 36.6 Å². The van der Waals surface area contributed by atoms with E-state index in [1.165, 1.54) is 18.2 Å².